The number of benzene rings is 1. The van der Waals surface area contributed by atoms with Gasteiger partial charge in [0.2, 0.25) is 0 Å². The number of alkyl halides is 3. The van der Waals surface area contributed by atoms with Crippen molar-refractivity contribution in [3.05, 3.63) is 34.3 Å². The van der Waals surface area contributed by atoms with Gasteiger partial charge in [-0.2, -0.15) is 13.2 Å². The summed E-state index contributed by atoms with van der Waals surface area (Å²) in [5.74, 6) is 0. The zero-order valence-corrected chi connectivity index (χ0v) is 9.94. The third kappa shape index (κ3) is 2.91. The molecule has 0 heterocycles. The number of halogens is 4. The second-order valence-corrected chi connectivity index (χ2v) is 4.52. The molecule has 6 heteroatoms. The van der Waals surface area contributed by atoms with Crippen LogP contribution in [0.3, 0.4) is 0 Å². The van der Waals surface area contributed by atoms with Crippen LogP contribution in [0.2, 0.25) is 5.02 Å². The van der Waals surface area contributed by atoms with Gasteiger partial charge >= 0.3 is 6.18 Å². The van der Waals surface area contributed by atoms with Crippen LogP contribution in [0.1, 0.15) is 18.1 Å². The molecule has 0 aliphatic carbocycles. The molecule has 1 unspecified atom stereocenters. The van der Waals surface area contributed by atoms with E-state index < -0.39 is 17.2 Å². The van der Waals surface area contributed by atoms with Crippen molar-refractivity contribution in [1.29, 1.82) is 0 Å². The first-order chi connectivity index (χ1) is 7.74. The summed E-state index contributed by atoms with van der Waals surface area (Å²) in [7, 11) is 0. The molecule has 0 aliphatic heterocycles. The molecule has 0 spiro atoms. The topological polar surface area (TPSA) is 46.2 Å². The fraction of sp³-hybridized carbons (Fsp3) is 0.455. The predicted octanol–water partition coefficient (Wildman–Crippen LogP) is 2.57. The maximum Gasteiger partial charge on any atom is 0.416 e. The molecule has 1 rings (SSSR count). The third-order valence-corrected chi connectivity index (χ3v) is 3.07. The van der Waals surface area contributed by atoms with Gasteiger partial charge in [0, 0.05) is 17.0 Å². The van der Waals surface area contributed by atoms with Crippen molar-refractivity contribution in [2.45, 2.75) is 18.5 Å². The zero-order valence-electron chi connectivity index (χ0n) is 9.18. The fourth-order valence-corrected chi connectivity index (χ4v) is 1.77. The summed E-state index contributed by atoms with van der Waals surface area (Å²) < 4.78 is 37.7. The lowest BCUT2D eigenvalue weighted by atomic mass is 9.82. The standard InChI is InChI=1S/C11H13ClF3NO/c1-10(5-16,6-17)8-4-7(11(13,14)15)2-3-9(8)12/h2-4,17H,5-6,16H2,1H3. The van der Waals surface area contributed by atoms with Crippen molar-refractivity contribution in [3.63, 3.8) is 0 Å². The summed E-state index contributed by atoms with van der Waals surface area (Å²) in [6.45, 7) is 1.20. The van der Waals surface area contributed by atoms with Crippen LogP contribution in [0.5, 0.6) is 0 Å². The number of aliphatic hydroxyl groups excluding tert-OH is 1. The molecule has 96 valence electrons. The number of aliphatic hydroxyl groups is 1. The SMILES string of the molecule is CC(CN)(CO)c1cc(C(F)(F)F)ccc1Cl. The van der Waals surface area contributed by atoms with E-state index in [0.717, 1.165) is 12.1 Å². The molecule has 0 saturated heterocycles. The first-order valence-corrected chi connectivity index (χ1v) is 5.30. The molecule has 0 saturated carbocycles. The van der Waals surface area contributed by atoms with Gasteiger partial charge in [0.1, 0.15) is 0 Å². The molecule has 0 bridgehead atoms. The van der Waals surface area contributed by atoms with Crippen LogP contribution in [-0.4, -0.2) is 18.3 Å². The molecule has 17 heavy (non-hydrogen) atoms. The highest BCUT2D eigenvalue weighted by molar-refractivity contribution is 6.31. The fourth-order valence-electron chi connectivity index (χ4n) is 1.42. The van der Waals surface area contributed by atoms with Gasteiger partial charge in [-0.05, 0) is 23.8 Å². The van der Waals surface area contributed by atoms with E-state index in [9.17, 15) is 18.3 Å². The van der Waals surface area contributed by atoms with Crippen molar-refractivity contribution in [3.8, 4) is 0 Å². The maximum atomic E-state index is 12.6. The number of hydrogen-bond acceptors (Lipinski definition) is 2. The minimum atomic E-state index is -4.44. The van der Waals surface area contributed by atoms with Crippen LogP contribution in [0.4, 0.5) is 13.2 Å². The van der Waals surface area contributed by atoms with Crippen molar-refractivity contribution in [2.24, 2.45) is 5.73 Å². The van der Waals surface area contributed by atoms with Gasteiger partial charge in [0.05, 0.1) is 12.2 Å². The van der Waals surface area contributed by atoms with Crippen LogP contribution in [0.25, 0.3) is 0 Å². The van der Waals surface area contributed by atoms with Crippen molar-refractivity contribution < 1.29 is 18.3 Å². The van der Waals surface area contributed by atoms with E-state index in [1.54, 1.807) is 6.92 Å². The Morgan fingerprint density at radius 2 is 1.94 bits per heavy atom. The lowest BCUT2D eigenvalue weighted by Crippen LogP contribution is -2.36. The third-order valence-electron chi connectivity index (χ3n) is 2.74. The number of nitrogens with two attached hydrogens (primary N) is 1. The molecule has 1 atom stereocenters. The van der Waals surface area contributed by atoms with Gasteiger partial charge < -0.3 is 10.8 Å². The molecule has 1 aromatic rings. The van der Waals surface area contributed by atoms with E-state index in [-0.39, 0.29) is 23.7 Å². The van der Waals surface area contributed by atoms with E-state index >= 15 is 0 Å². The Bertz CT molecular complexity index is 402. The van der Waals surface area contributed by atoms with Gasteiger partial charge in [0.15, 0.2) is 0 Å². The summed E-state index contributed by atoms with van der Waals surface area (Å²) in [5, 5.41) is 9.40. The summed E-state index contributed by atoms with van der Waals surface area (Å²) in [4.78, 5) is 0. The Labute approximate surface area is 102 Å². The zero-order chi connectivity index (χ0) is 13.3. The van der Waals surface area contributed by atoms with Gasteiger partial charge in [-0.1, -0.05) is 18.5 Å². The van der Waals surface area contributed by atoms with Gasteiger partial charge in [-0.15, -0.1) is 0 Å². The second kappa shape index (κ2) is 4.84. The van der Waals surface area contributed by atoms with Crippen LogP contribution in [0, 0.1) is 0 Å². The molecule has 0 aromatic heterocycles. The van der Waals surface area contributed by atoms with Crippen LogP contribution >= 0.6 is 11.6 Å². The molecule has 2 nitrogen and oxygen atoms in total. The smallest absolute Gasteiger partial charge is 0.395 e. The highest BCUT2D eigenvalue weighted by Crippen LogP contribution is 2.36. The molecule has 0 fully saturated rings. The van der Waals surface area contributed by atoms with Gasteiger partial charge in [-0.3, -0.25) is 0 Å². The Kier molecular flexibility index (Phi) is 4.06. The Morgan fingerprint density at radius 1 is 1.35 bits per heavy atom. The molecular weight excluding hydrogens is 255 g/mol. The van der Waals surface area contributed by atoms with Crippen LogP contribution in [-0.2, 0) is 11.6 Å². The van der Waals surface area contributed by atoms with Gasteiger partial charge in [0.25, 0.3) is 0 Å². The molecule has 0 amide bonds. The number of rotatable bonds is 3. The lowest BCUT2D eigenvalue weighted by molar-refractivity contribution is -0.137. The number of hydrogen-bond donors (Lipinski definition) is 2. The molecule has 1 aromatic carbocycles. The monoisotopic (exact) mass is 267 g/mol. The molecule has 0 radical (unpaired) electrons. The largest absolute Gasteiger partial charge is 0.416 e. The highest BCUT2D eigenvalue weighted by Gasteiger charge is 2.34. The first kappa shape index (κ1) is 14.3. The lowest BCUT2D eigenvalue weighted by Gasteiger charge is -2.27. The summed E-state index contributed by atoms with van der Waals surface area (Å²) in [5.41, 5.74) is 3.91. The second-order valence-electron chi connectivity index (χ2n) is 4.12. The summed E-state index contributed by atoms with van der Waals surface area (Å²) in [6.07, 6.45) is -4.44. The molecule has 3 N–H and O–H groups in total. The van der Waals surface area contributed by atoms with Crippen molar-refractivity contribution in [1.82, 2.24) is 0 Å². The van der Waals surface area contributed by atoms with E-state index in [4.69, 9.17) is 17.3 Å². The van der Waals surface area contributed by atoms with Crippen molar-refractivity contribution >= 4 is 11.6 Å². The first-order valence-electron chi connectivity index (χ1n) is 4.93. The van der Waals surface area contributed by atoms with E-state index in [2.05, 4.69) is 0 Å². The maximum absolute atomic E-state index is 12.6. The average molecular weight is 268 g/mol. The highest BCUT2D eigenvalue weighted by atomic mass is 35.5. The summed E-state index contributed by atoms with van der Waals surface area (Å²) in [6, 6.07) is 3.01. The summed E-state index contributed by atoms with van der Waals surface area (Å²) >= 11 is 5.85. The van der Waals surface area contributed by atoms with Crippen molar-refractivity contribution in [2.75, 3.05) is 13.2 Å². The normalized spacial score (nSPS) is 15.7. The predicted molar refractivity (Wildman–Crippen MR) is 59.9 cm³/mol. The Morgan fingerprint density at radius 3 is 2.35 bits per heavy atom. The van der Waals surface area contributed by atoms with Crippen LogP contribution < -0.4 is 5.73 Å². The quantitative estimate of drug-likeness (QED) is 0.884. The average Bonchev–Trinajstić information content (AvgIpc) is 2.27. The minimum Gasteiger partial charge on any atom is -0.395 e. The Hall–Kier alpha value is -0.780. The van der Waals surface area contributed by atoms with E-state index in [1.165, 1.54) is 6.07 Å². The Balaban J connectivity index is 3.33. The molecular formula is C11H13ClF3NO. The van der Waals surface area contributed by atoms with Crippen LogP contribution in [0.15, 0.2) is 18.2 Å². The van der Waals surface area contributed by atoms with Gasteiger partial charge in [-0.25, -0.2) is 0 Å². The van der Waals surface area contributed by atoms with E-state index in [1.807, 2.05) is 0 Å². The molecule has 0 aliphatic rings. The minimum absolute atomic E-state index is 0.00449. The van der Waals surface area contributed by atoms with E-state index in [0.29, 0.717) is 0 Å².